The lowest BCUT2D eigenvalue weighted by atomic mass is 9.98. The number of phenolic OH excluding ortho intramolecular Hbond substituents is 1. The number of phenols is 1. The Morgan fingerprint density at radius 2 is 0.883 bits per heavy atom. The van der Waals surface area contributed by atoms with Gasteiger partial charge in [0.05, 0.1) is 0 Å². The molecule has 6 rings (SSSR count). The third-order valence-electron chi connectivity index (χ3n) is 8.63. The molecule has 0 aliphatic heterocycles. The Hall–Kier alpha value is -7.66. The minimum atomic E-state index is -0.989. The molecule has 60 heavy (non-hydrogen) atoms. The standard InChI is InChI=1S/C29H22F2O4.C21H14F2O2/c1-18(2)28(32)34-17-5-6-20-7-9-21(10-8-20)24-15-16-25(27(31)26(24)30)22-11-13-23(14-12-22)35-29(33)19(3)4;22-20-18(15-5-3-14(4-6-15)2-1-13-24)11-12-19(21(20)23)16-7-9-17(25)10-8-16/h7-16H,1,3,17H2,2,4H3;3-12,24-25H,13H2. The fourth-order valence-corrected chi connectivity index (χ4v) is 5.50. The SMILES string of the molecule is C=C(C)C(=O)OCC#Cc1ccc(-c2ccc(-c3ccc(OC(=O)C(=C)C)cc3)c(F)c2F)cc1.OCC#Cc1ccc(-c2ccc(-c3ccc(O)cc3)c(F)c2F)cc1. The van der Waals surface area contributed by atoms with E-state index in [2.05, 4.69) is 36.8 Å². The maximum Gasteiger partial charge on any atom is 0.338 e. The Bertz CT molecular complexity index is 2680. The van der Waals surface area contributed by atoms with Crippen LogP contribution in [0, 0.1) is 47.0 Å². The molecule has 0 atom stereocenters. The van der Waals surface area contributed by atoms with Gasteiger partial charge in [-0.2, -0.15) is 0 Å². The van der Waals surface area contributed by atoms with Crippen LogP contribution in [0.4, 0.5) is 17.6 Å². The molecule has 0 fully saturated rings. The van der Waals surface area contributed by atoms with Gasteiger partial charge in [0.15, 0.2) is 29.9 Å². The minimum absolute atomic E-state index is 0.0608. The minimum Gasteiger partial charge on any atom is -0.508 e. The lowest BCUT2D eigenvalue weighted by Crippen LogP contribution is -2.07. The summed E-state index contributed by atoms with van der Waals surface area (Å²) in [7, 11) is 0. The number of carbonyl (C=O) groups excluding carboxylic acids is 2. The number of hydrogen-bond donors (Lipinski definition) is 2. The molecule has 0 aliphatic rings. The number of esters is 2. The predicted octanol–water partition coefficient (Wildman–Crippen LogP) is 10.6. The van der Waals surface area contributed by atoms with Crippen molar-refractivity contribution in [2.75, 3.05) is 13.2 Å². The number of rotatable bonds is 8. The predicted molar refractivity (Wildman–Crippen MR) is 223 cm³/mol. The van der Waals surface area contributed by atoms with Crippen molar-refractivity contribution >= 4 is 11.9 Å². The fraction of sp³-hybridized carbons (Fsp3) is 0.0800. The summed E-state index contributed by atoms with van der Waals surface area (Å²) in [6.45, 7) is 9.76. The third-order valence-corrected chi connectivity index (χ3v) is 8.63. The summed E-state index contributed by atoms with van der Waals surface area (Å²) in [5.41, 5.74) is 4.25. The number of carbonyl (C=O) groups is 2. The third kappa shape index (κ3) is 11.0. The Balaban J connectivity index is 0.000000240. The van der Waals surface area contributed by atoms with Crippen LogP contribution in [0.25, 0.3) is 44.5 Å². The highest BCUT2D eigenvalue weighted by Crippen LogP contribution is 2.34. The summed E-state index contributed by atoms with van der Waals surface area (Å²) >= 11 is 0. The molecule has 0 bridgehead atoms. The molecule has 300 valence electrons. The summed E-state index contributed by atoms with van der Waals surface area (Å²) in [5.74, 6) is 6.24. The Morgan fingerprint density at radius 3 is 1.25 bits per heavy atom. The molecule has 6 aromatic carbocycles. The molecule has 0 heterocycles. The van der Waals surface area contributed by atoms with Gasteiger partial charge in [0, 0.05) is 44.5 Å². The number of ether oxygens (including phenoxy) is 2. The molecule has 0 saturated carbocycles. The van der Waals surface area contributed by atoms with Crippen LogP contribution in [0.3, 0.4) is 0 Å². The van der Waals surface area contributed by atoms with Gasteiger partial charge in [0.25, 0.3) is 0 Å². The number of hydrogen-bond acceptors (Lipinski definition) is 6. The second-order valence-electron chi connectivity index (χ2n) is 13.1. The van der Waals surface area contributed by atoms with Gasteiger partial charge in [-0.1, -0.05) is 110 Å². The largest absolute Gasteiger partial charge is 0.508 e. The molecule has 0 aliphatic carbocycles. The van der Waals surface area contributed by atoms with Gasteiger partial charge in [-0.05, 0) is 84.6 Å². The first-order chi connectivity index (χ1) is 28.8. The van der Waals surface area contributed by atoms with E-state index in [1.807, 2.05) is 0 Å². The monoisotopic (exact) mass is 808 g/mol. The van der Waals surface area contributed by atoms with Crippen LogP contribution in [0.2, 0.25) is 0 Å². The fourth-order valence-electron chi connectivity index (χ4n) is 5.50. The van der Waals surface area contributed by atoms with Gasteiger partial charge in [0.2, 0.25) is 0 Å². The van der Waals surface area contributed by atoms with Crippen molar-refractivity contribution in [3.63, 3.8) is 0 Å². The molecule has 10 heteroatoms. The lowest BCUT2D eigenvalue weighted by molar-refractivity contribution is -0.137. The highest BCUT2D eigenvalue weighted by Gasteiger charge is 2.18. The van der Waals surface area contributed by atoms with Gasteiger partial charge >= 0.3 is 11.9 Å². The number of aromatic hydroxyl groups is 1. The van der Waals surface area contributed by atoms with Gasteiger partial charge in [-0.15, -0.1) is 0 Å². The van der Waals surface area contributed by atoms with Crippen LogP contribution in [0.5, 0.6) is 11.5 Å². The van der Waals surface area contributed by atoms with Crippen LogP contribution >= 0.6 is 0 Å². The van der Waals surface area contributed by atoms with Crippen molar-refractivity contribution < 1.29 is 46.8 Å². The van der Waals surface area contributed by atoms with Crippen LogP contribution in [0.1, 0.15) is 25.0 Å². The van der Waals surface area contributed by atoms with E-state index in [4.69, 9.17) is 14.6 Å². The van der Waals surface area contributed by atoms with Gasteiger partial charge < -0.3 is 19.7 Å². The van der Waals surface area contributed by atoms with Crippen molar-refractivity contribution in [3.05, 3.63) is 180 Å². The molecule has 0 unspecified atom stereocenters. The van der Waals surface area contributed by atoms with Crippen molar-refractivity contribution in [3.8, 4) is 79.7 Å². The van der Waals surface area contributed by atoms with E-state index in [1.54, 1.807) is 67.6 Å². The average molecular weight is 809 g/mol. The highest BCUT2D eigenvalue weighted by atomic mass is 19.2. The summed E-state index contributed by atoms with van der Waals surface area (Å²) in [5, 5.41) is 18.0. The van der Waals surface area contributed by atoms with Crippen LogP contribution < -0.4 is 4.74 Å². The molecular weight excluding hydrogens is 773 g/mol. The van der Waals surface area contributed by atoms with E-state index >= 15 is 0 Å². The molecule has 0 radical (unpaired) electrons. The van der Waals surface area contributed by atoms with Crippen molar-refractivity contribution in [1.29, 1.82) is 0 Å². The van der Waals surface area contributed by atoms with E-state index in [9.17, 15) is 32.3 Å². The maximum absolute atomic E-state index is 14.9. The van der Waals surface area contributed by atoms with Crippen LogP contribution in [-0.4, -0.2) is 35.4 Å². The van der Waals surface area contributed by atoms with Gasteiger partial charge in [-0.3, -0.25) is 0 Å². The van der Waals surface area contributed by atoms with Gasteiger partial charge in [0.1, 0.15) is 18.1 Å². The second kappa shape index (κ2) is 20.2. The molecule has 0 amide bonds. The van der Waals surface area contributed by atoms with Gasteiger partial charge in [-0.25, -0.2) is 27.2 Å². The molecule has 0 spiro atoms. The Labute approximate surface area is 344 Å². The quantitative estimate of drug-likeness (QED) is 0.0523. The van der Waals surface area contributed by atoms with Crippen LogP contribution in [0.15, 0.2) is 146 Å². The summed E-state index contributed by atoms with van der Waals surface area (Å²) in [4.78, 5) is 22.9. The number of aliphatic hydroxyl groups is 1. The van der Waals surface area contributed by atoms with E-state index in [0.29, 0.717) is 33.4 Å². The van der Waals surface area contributed by atoms with E-state index in [-0.39, 0.29) is 58.1 Å². The molecular formula is C50H36F4O6. The average Bonchev–Trinajstić information content (AvgIpc) is 3.25. The number of aliphatic hydroxyl groups excluding tert-OH is 1. The van der Waals surface area contributed by atoms with Crippen LogP contribution in [-0.2, 0) is 14.3 Å². The first-order valence-electron chi connectivity index (χ1n) is 18.1. The van der Waals surface area contributed by atoms with E-state index < -0.39 is 35.2 Å². The van der Waals surface area contributed by atoms with E-state index in [0.717, 1.165) is 0 Å². The lowest BCUT2D eigenvalue weighted by Gasteiger charge is -2.10. The topological polar surface area (TPSA) is 93.1 Å². The highest BCUT2D eigenvalue weighted by molar-refractivity contribution is 5.89. The first-order valence-corrected chi connectivity index (χ1v) is 18.1. The Morgan fingerprint density at radius 1 is 0.533 bits per heavy atom. The molecule has 6 aromatic rings. The number of benzene rings is 6. The second-order valence-corrected chi connectivity index (χ2v) is 13.1. The molecule has 2 N–H and O–H groups in total. The summed E-state index contributed by atoms with van der Waals surface area (Å²) in [6, 6.07) is 31.3. The zero-order valence-corrected chi connectivity index (χ0v) is 32.4. The zero-order chi connectivity index (χ0) is 43.3. The molecule has 6 nitrogen and oxygen atoms in total. The van der Waals surface area contributed by atoms with Crippen molar-refractivity contribution in [1.82, 2.24) is 0 Å². The summed E-state index contributed by atoms with van der Waals surface area (Å²) in [6.07, 6.45) is 0. The molecule has 0 saturated heterocycles. The smallest absolute Gasteiger partial charge is 0.338 e. The number of halogens is 4. The normalized spacial score (nSPS) is 10.1. The van der Waals surface area contributed by atoms with Crippen molar-refractivity contribution in [2.24, 2.45) is 0 Å². The molecule has 0 aromatic heterocycles. The summed E-state index contributed by atoms with van der Waals surface area (Å²) < 4.78 is 68.9. The Kier molecular flexibility index (Phi) is 14.6. The zero-order valence-electron chi connectivity index (χ0n) is 32.4. The first kappa shape index (κ1) is 43.5. The van der Waals surface area contributed by atoms with Crippen molar-refractivity contribution in [2.45, 2.75) is 13.8 Å². The van der Waals surface area contributed by atoms with E-state index in [1.165, 1.54) is 67.6 Å². The maximum atomic E-state index is 14.9.